The highest BCUT2D eigenvalue weighted by Gasteiger charge is 2.09. The Morgan fingerprint density at radius 3 is 2.30 bits per heavy atom. The Kier molecular flexibility index (Phi) is 12.5. The molecule has 0 aliphatic heterocycles. The number of carboxylic acid groups (broad SMARTS) is 1. The van der Waals surface area contributed by atoms with Gasteiger partial charge in [0.1, 0.15) is 5.69 Å². The average Bonchev–Trinajstić information content (AvgIpc) is 2.64. The number of pyridine rings is 1. The SMILES string of the molecule is CN(CCO)CCOCCOCCN(CCO)Cc1cccc(C(=O)O)n1. The van der Waals surface area contributed by atoms with Crippen molar-refractivity contribution in [3.63, 3.8) is 0 Å². The van der Waals surface area contributed by atoms with E-state index in [4.69, 9.17) is 19.7 Å². The maximum absolute atomic E-state index is 11.0. The normalized spacial score (nSPS) is 11.4. The van der Waals surface area contributed by atoms with Gasteiger partial charge in [0.2, 0.25) is 0 Å². The molecule has 27 heavy (non-hydrogen) atoms. The molecule has 0 fully saturated rings. The van der Waals surface area contributed by atoms with E-state index >= 15 is 0 Å². The van der Waals surface area contributed by atoms with E-state index in [0.29, 0.717) is 58.3 Å². The first kappa shape index (κ1) is 23.4. The summed E-state index contributed by atoms with van der Waals surface area (Å²) in [5.41, 5.74) is 0.646. The lowest BCUT2D eigenvalue weighted by Crippen LogP contribution is -2.31. The molecule has 9 heteroatoms. The Morgan fingerprint density at radius 2 is 1.67 bits per heavy atom. The molecule has 1 aromatic heterocycles. The Bertz CT molecular complexity index is 532. The number of carboxylic acids is 1. The highest BCUT2D eigenvalue weighted by molar-refractivity contribution is 5.85. The standard InChI is InChI=1S/C18H31N3O6/c1-20(5-9-22)7-11-26-13-14-27-12-8-21(6-10-23)15-16-3-2-4-17(19-16)18(24)25/h2-4,22-23H,5-15H2,1H3,(H,24,25). The van der Waals surface area contributed by atoms with Crippen LogP contribution >= 0.6 is 0 Å². The van der Waals surface area contributed by atoms with Gasteiger partial charge in [-0.05, 0) is 19.2 Å². The first-order valence-corrected chi connectivity index (χ1v) is 9.04. The molecule has 0 aliphatic rings. The topological polar surface area (TPSA) is 116 Å². The molecule has 154 valence electrons. The van der Waals surface area contributed by atoms with Crippen LogP contribution in [0.5, 0.6) is 0 Å². The monoisotopic (exact) mass is 385 g/mol. The number of aliphatic hydroxyl groups excluding tert-OH is 2. The zero-order valence-corrected chi connectivity index (χ0v) is 15.9. The number of aromatic nitrogens is 1. The molecule has 0 saturated carbocycles. The number of aliphatic hydroxyl groups is 2. The van der Waals surface area contributed by atoms with E-state index in [2.05, 4.69) is 4.98 Å². The smallest absolute Gasteiger partial charge is 0.354 e. The molecule has 1 rings (SSSR count). The van der Waals surface area contributed by atoms with Gasteiger partial charge >= 0.3 is 5.97 Å². The number of ether oxygens (including phenoxy) is 2. The van der Waals surface area contributed by atoms with Crippen LogP contribution in [-0.4, -0.2) is 109 Å². The van der Waals surface area contributed by atoms with Gasteiger partial charge in [-0.15, -0.1) is 0 Å². The number of rotatable bonds is 16. The van der Waals surface area contributed by atoms with Crippen molar-refractivity contribution in [1.82, 2.24) is 14.8 Å². The lowest BCUT2D eigenvalue weighted by Gasteiger charge is -2.21. The first-order valence-electron chi connectivity index (χ1n) is 9.04. The molecule has 3 N–H and O–H groups in total. The van der Waals surface area contributed by atoms with E-state index in [0.717, 1.165) is 6.54 Å². The lowest BCUT2D eigenvalue weighted by atomic mass is 10.3. The fourth-order valence-corrected chi connectivity index (χ4v) is 2.35. The molecule has 0 spiro atoms. The van der Waals surface area contributed by atoms with Gasteiger partial charge in [-0.25, -0.2) is 9.78 Å². The third-order valence-electron chi connectivity index (χ3n) is 3.85. The van der Waals surface area contributed by atoms with Gasteiger partial charge in [-0.2, -0.15) is 0 Å². The average molecular weight is 385 g/mol. The van der Waals surface area contributed by atoms with E-state index in [1.807, 2.05) is 16.8 Å². The van der Waals surface area contributed by atoms with Crippen molar-refractivity contribution >= 4 is 5.97 Å². The van der Waals surface area contributed by atoms with E-state index in [-0.39, 0.29) is 18.9 Å². The van der Waals surface area contributed by atoms with Crippen molar-refractivity contribution in [3.8, 4) is 0 Å². The van der Waals surface area contributed by atoms with E-state index in [9.17, 15) is 9.90 Å². The summed E-state index contributed by atoms with van der Waals surface area (Å²) in [6.45, 7) is 5.06. The largest absolute Gasteiger partial charge is 0.477 e. The molecule has 1 aromatic rings. The Labute approximate surface area is 160 Å². The molecule has 0 radical (unpaired) electrons. The summed E-state index contributed by atoms with van der Waals surface area (Å²) in [4.78, 5) is 19.0. The van der Waals surface area contributed by atoms with Crippen molar-refractivity contribution < 1.29 is 29.6 Å². The van der Waals surface area contributed by atoms with Gasteiger partial charge in [0.25, 0.3) is 0 Å². The Balaban J connectivity index is 2.21. The minimum atomic E-state index is -1.06. The van der Waals surface area contributed by atoms with Crippen molar-refractivity contribution in [1.29, 1.82) is 0 Å². The second-order valence-corrected chi connectivity index (χ2v) is 6.07. The van der Waals surface area contributed by atoms with Crippen LogP contribution in [0.4, 0.5) is 0 Å². The molecule has 9 nitrogen and oxygen atoms in total. The first-order chi connectivity index (χ1) is 13.1. The molecule has 0 aromatic carbocycles. The van der Waals surface area contributed by atoms with Gasteiger partial charge < -0.3 is 29.7 Å². The van der Waals surface area contributed by atoms with Gasteiger partial charge in [0.15, 0.2) is 0 Å². The van der Waals surface area contributed by atoms with Crippen LogP contribution in [0.15, 0.2) is 18.2 Å². The molecule has 1 heterocycles. The van der Waals surface area contributed by atoms with Crippen molar-refractivity contribution in [2.75, 3.05) is 72.9 Å². The number of hydrogen-bond donors (Lipinski definition) is 3. The molecule has 0 saturated heterocycles. The summed E-state index contributed by atoms with van der Waals surface area (Å²) in [6, 6.07) is 4.88. The summed E-state index contributed by atoms with van der Waals surface area (Å²) in [6.07, 6.45) is 0. The number of nitrogens with zero attached hydrogens (tertiary/aromatic N) is 3. The van der Waals surface area contributed by atoms with Crippen LogP contribution in [0.2, 0.25) is 0 Å². The van der Waals surface area contributed by atoms with E-state index < -0.39 is 5.97 Å². The minimum Gasteiger partial charge on any atom is -0.477 e. The number of hydrogen-bond acceptors (Lipinski definition) is 8. The van der Waals surface area contributed by atoms with Crippen LogP contribution in [0, 0.1) is 0 Å². The summed E-state index contributed by atoms with van der Waals surface area (Å²) in [5, 5.41) is 27.0. The van der Waals surface area contributed by atoms with E-state index in [1.165, 1.54) is 6.07 Å². The summed E-state index contributed by atoms with van der Waals surface area (Å²) >= 11 is 0. The van der Waals surface area contributed by atoms with Gasteiger partial charge in [-0.3, -0.25) is 4.90 Å². The highest BCUT2D eigenvalue weighted by atomic mass is 16.5. The fraction of sp³-hybridized carbons (Fsp3) is 0.667. The molecular formula is C18H31N3O6. The molecule has 0 amide bonds. The third kappa shape index (κ3) is 11.0. The van der Waals surface area contributed by atoms with Crippen molar-refractivity contribution in [2.45, 2.75) is 6.54 Å². The van der Waals surface area contributed by atoms with Gasteiger partial charge in [0, 0.05) is 32.7 Å². The number of aromatic carboxylic acids is 1. The maximum Gasteiger partial charge on any atom is 0.354 e. The molecule has 0 atom stereocenters. The fourth-order valence-electron chi connectivity index (χ4n) is 2.35. The summed E-state index contributed by atoms with van der Waals surface area (Å²) in [5.74, 6) is -1.06. The van der Waals surface area contributed by atoms with Gasteiger partial charge in [-0.1, -0.05) is 6.07 Å². The van der Waals surface area contributed by atoms with Crippen LogP contribution in [0.1, 0.15) is 16.2 Å². The van der Waals surface area contributed by atoms with Crippen LogP contribution in [0.3, 0.4) is 0 Å². The summed E-state index contributed by atoms with van der Waals surface area (Å²) < 4.78 is 11.0. The quantitative estimate of drug-likeness (QED) is 0.325. The lowest BCUT2D eigenvalue weighted by molar-refractivity contribution is 0.0297. The van der Waals surface area contributed by atoms with Crippen molar-refractivity contribution in [2.24, 2.45) is 0 Å². The van der Waals surface area contributed by atoms with E-state index in [1.54, 1.807) is 12.1 Å². The Morgan fingerprint density at radius 1 is 1.00 bits per heavy atom. The predicted octanol–water partition coefficient (Wildman–Crippen LogP) is -0.469. The summed E-state index contributed by atoms with van der Waals surface area (Å²) in [7, 11) is 1.92. The maximum atomic E-state index is 11.0. The van der Waals surface area contributed by atoms with Crippen molar-refractivity contribution in [3.05, 3.63) is 29.6 Å². The van der Waals surface area contributed by atoms with Gasteiger partial charge in [0.05, 0.1) is 45.3 Å². The van der Waals surface area contributed by atoms with Crippen LogP contribution < -0.4 is 0 Å². The Hall–Kier alpha value is -1.62. The van der Waals surface area contributed by atoms with Crippen LogP contribution in [0.25, 0.3) is 0 Å². The molecular weight excluding hydrogens is 354 g/mol. The zero-order valence-electron chi connectivity index (χ0n) is 15.9. The molecule has 0 bridgehead atoms. The number of likely N-dealkylation sites (N-methyl/N-ethyl adjacent to an activating group) is 1. The second kappa shape index (κ2) is 14.4. The predicted molar refractivity (Wildman–Crippen MR) is 99.8 cm³/mol. The van der Waals surface area contributed by atoms with Crippen LogP contribution in [-0.2, 0) is 16.0 Å². The number of carbonyl (C=O) groups is 1. The third-order valence-corrected chi connectivity index (χ3v) is 3.85. The molecule has 0 aliphatic carbocycles. The zero-order chi connectivity index (χ0) is 19.9. The highest BCUT2D eigenvalue weighted by Crippen LogP contribution is 2.04. The minimum absolute atomic E-state index is 0.00307. The second-order valence-electron chi connectivity index (χ2n) is 6.07. The molecule has 0 unspecified atom stereocenters.